The second-order valence-electron chi connectivity index (χ2n) is 6.39. The maximum absolute atomic E-state index is 9.42. The van der Waals surface area contributed by atoms with E-state index in [-0.39, 0.29) is 23.0 Å². The Morgan fingerprint density at radius 3 is 2.53 bits per heavy atom. The molecule has 3 aromatic rings. The van der Waals surface area contributed by atoms with Gasteiger partial charge >= 0.3 is 0 Å². The predicted octanol–water partition coefficient (Wildman–Crippen LogP) is 2.85. The summed E-state index contributed by atoms with van der Waals surface area (Å²) in [7, 11) is 0. The molecule has 1 aromatic heterocycles. The molecule has 0 fully saturated rings. The van der Waals surface area contributed by atoms with Crippen molar-refractivity contribution in [1.29, 1.82) is 10.5 Å². The molecule has 0 bridgehead atoms. The highest BCUT2D eigenvalue weighted by Gasteiger charge is 2.29. The number of pyridine rings is 1. The third kappa shape index (κ3) is 3.39. The normalized spacial score (nSPS) is 14.3. The molecule has 0 amide bonds. The number of hydrogen-bond acceptors (Lipinski definition) is 9. The third-order valence-corrected chi connectivity index (χ3v) is 4.51. The first-order valence-corrected chi connectivity index (χ1v) is 8.92. The number of para-hydroxylation sites is 1. The van der Waals surface area contributed by atoms with Crippen LogP contribution in [0.3, 0.4) is 0 Å². The van der Waals surface area contributed by atoms with Gasteiger partial charge in [0.25, 0.3) is 0 Å². The smallest absolute Gasteiger partial charge is 0.211 e. The van der Waals surface area contributed by atoms with Crippen molar-refractivity contribution in [2.24, 2.45) is 4.99 Å². The van der Waals surface area contributed by atoms with Crippen molar-refractivity contribution in [1.82, 2.24) is 10.3 Å². The Kier molecular flexibility index (Phi) is 4.77. The SMILES string of the molecule is N#CNC1=NC(c2cccc(Oc3ccccc3)c2)c2c(nc(N)c(C#N)c2N)N1. The molecule has 1 atom stereocenters. The first kappa shape index (κ1) is 18.6. The van der Waals surface area contributed by atoms with Gasteiger partial charge in [0, 0.05) is 5.56 Å². The lowest BCUT2D eigenvalue weighted by Gasteiger charge is -2.26. The predicted molar refractivity (Wildman–Crippen MR) is 112 cm³/mol. The molecule has 2 heterocycles. The number of nitrogen functional groups attached to an aromatic ring is 2. The fraction of sp³-hybridized carbons (Fsp3) is 0.0476. The van der Waals surface area contributed by atoms with Gasteiger partial charge in [-0.1, -0.05) is 30.3 Å². The molecule has 6 N–H and O–H groups in total. The summed E-state index contributed by atoms with van der Waals surface area (Å²) in [6.45, 7) is 0. The summed E-state index contributed by atoms with van der Waals surface area (Å²) in [6, 6.07) is 18.1. The van der Waals surface area contributed by atoms with E-state index in [9.17, 15) is 5.26 Å². The van der Waals surface area contributed by atoms with E-state index in [1.165, 1.54) is 0 Å². The second-order valence-corrected chi connectivity index (χ2v) is 6.39. The van der Waals surface area contributed by atoms with Crippen LogP contribution in [0.25, 0.3) is 0 Å². The summed E-state index contributed by atoms with van der Waals surface area (Å²) < 4.78 is 5.92. The van der Waals surface area contributed by atoms with Gasteiger partial charge in [0.1, 0.15) is 40.8 Å². The van der Waals surface area contributed by atoms with Crippen LogP contribution in [0.2, 0.25) is 0 Å². The van der Waals surface area contributed by atoms with Crippen molar-refractivity contribution in [2.75, 3.05) is 16.8 Å². The monoisotopic (exact) mass is 396 g/mol. The van der Waals surface area contributed by atoms with E-state index in [1.54, 1.807) is 0 Å². The highest BCUT2D eigenvalue weighted by molar-refractivity contribution is 5.98. The van der Waals surface area contributed by atoms with Crippen molar-refractivity contribution in [3.05, 3.63) is 71.3 Å². The lowest BCUT2D eigenvalue weighted by atomic mass is 9.95. The number of ether oxygens (including phenoxy) is 1. The lowest BCUT2D eigenvalue weighted by molar-refractivity contribution is 0.481. The molecule has 4 rings (SSSR count). The Balaban J connectivity index is 1.81. The maximum atomic E-state index is 9.42. The molecule has 146 valence electrons. The van der Waals surface area contributed by atoms with E-state index in [4.69, 9.17) is 21.5 Å². The number of fused-ring (bicyclic) bond motifs is 1. The number of nitrogens with one attached hydrogen (secondary N) is 2. The molecule has 9 heteroatoms. The number of benzene rings is 2. The Morgan fingerprint density at radius 1 is 1.03 bits per heavy atom. The molecule has 30 heavy (non-hydrogen) atoms. The second kappa shape index (κ2) is 7.70. The molecule has 2 aromatic carbocycles. The molecule has 0 saturated heterocycles. The molecule has 9 nitrogen and oxygen atoms in total. The van der Waals surface area contributed by atoms with E-state index < -0.39 is 6.04 Å². The summed E-state index contributed by atoms with van der Waals surface area (Å²) in [5.41, 5.74) is 13.6. The van der Waals surface area contributed by atoms with Crippen LogP contribution in [0.5, 0.6) is 11.5 Å². The molecular formula is C21H16N8O. The van der Waals surface area contributed by atoms with Crippen molar-refractivity contribution >= 4 is 23.3 Å². The molecular weight excluding hydrogens is 380 g/mol. The van der Waals surface area contributed by atoms with Crippen LogP contribution in [-0.4, -0.2) is 10.9 Å². The number of nitriles is 2. The standard InChI is InChI=1S/C21H16N8O/c22-10-15-17(24)16-18(27-21(26-11-23)29-20(16)28-19(15)25)12-5-4-8-14(9-12)30-13-6-2-1-3-7-13/h1-9,18H,(H6,24,25,26,27,28,29). The van der Waals surface area contributed by atoms with Crippen LogP contribution >= 0.6 is 0 Å². The van der Waals surface area contributed by atoms with Crippen LogP contribution in [0, 0.1) is 22.8 Å². The van der Waals surface area contributed by atoms with Crippen molar-refractivity contribution in [3.63, 3.8) is 0 Å². The van der Waals surface area contributed by atoms with Gasteiger partial charge in [-0.15, -0.1) is 0 Å². The Bertz CT molecular complexity index is 1220. The van der Waals surface area contributed by atoms with Gasteiger partial charge < -0.3 is 21.5 Å². The summed E-state index contributed by atoms with van der Waals surface area (Å²) >= 11 is 0. The minimum absolute atomic E-state index is 0.000584. The van der Waals surface area contributed by atoms with Gasteiger partial charge in [-0.2, -0.15) is 10.5 Å². The third-order valence-electron chi connectivity index (χ3n) is 4.51. The van der Waals surface area contributed by atoms with E-state index >= 15 is 0 Å². The average molecular weight is 396 g/mol. The zero-order chi connectivity index (χ0) is 21.1. The summed E-state index contributed by atoms with van der Waals surface area (Å²) in [6.07, 6.45) is 1.83. The maximum Gasteiger partial charge on any atom is 0.211 e. The van der Waals surface area contributed by atoms with Crippen molar-refractivity contribution in [3.8, 4) is 23.8 Å². The minimum atomic E-state index is -0.628. The number of hydrogen-bond donors (Lipinski definition) is 4. The summed E-state index contributed by atoms with van der Waals surface area (Å²) in [4.78, 5) is 8.79. The molecule has 1 unspecified atom stereocenters. The van der Waals surface area contributed by atoms with Crippen LogP contribution in [-0.2, 0) is 0 Å². The number of aromatic nitrogens is 1. The van der Waals surface area contributed by atoms with E-state index in [1.807, 2.05) is 66.9 Å². The molecule has 0 spiro atoms. The van der Waals surface area contributed by atoms with Crippen LogP contribution in [0.4, 0.5) is 17.3 Å². The molecule has 0 radical (unpaired) electrons. The number of guanidine groups is 1. The minimum Gasteiger partial charge on any atom is -0.457 e. The average Bonchev–Trinajstić information content (AvgIpc) is 2.74. The number of nitrogens with zero attached hydrogens (tertiary/aromatic N) is 4. The zero-order valence-electron chi connectivity index (χ0n) is 15.6. The van der Waals surface area contributed by atoms with E-state index in [0.29, 0.717) is 22.9 Å². The summed E-state index contributed by atoms with van der Waals surface area (Å²) in [5, 5.41) is 23.8. The van der Waals surface area contributed by atoms with Gasteiger partial charge in [-0.05, 0) is 29.8 Å². The summed E-state index contributed by atoms with van der Waals surface area (Å²) in [5.74, 6) is 1.82. The van der Waals surface area contributed by atoms with Gasteiger partial charge in [-0.25, -0.2) is 9.98 Å². The number of rotatable bonds is 3. The zero-order valence-corrected chi connectivity index (χ0v) is 15.6. The van der Waals surface area contributed by atoms with E-state index in [2.05, 4.69) is 20.6 Å². The van der Waals surface area contributed by atoms with E-state index in [0.717, 1.165) is 5.56 Å². The van der Waals surface area contributed by atoms with Gasteiger partial charge in [0.2, 0.25) is 5.96 Å². The fourth-order valence-corrected chi connectivity index (χ4v) is 3.19. The Hall–Kier alpha value is -4.76. The largest absolute Gasteiger partial charge is 0.457 e. The number of anilines is 3. The van der Waals surface area contributed by atoms with Crippen LogP contribution in [0.15, 0.2) is 59.6 Å². The quantitative estimate of drug-likeness (QED) is 0.388. The first-order valence-electron chi connectivity index (χ1n) is 8.92. The molecule has 0 saturated carbocycles. The van der Waals surface area contributed by atoms with Gasteiger partial charge in [0.15, 0.2) is 6.19 Å². The Labute approximate surface area is 172 Å². The number of aliphatic imine (C=N–C) groups is 1. The molecule has 1 aliphatic heterocycles. The topological polar surface area (TPSA) is 158 Å². The van der Waals surface area contributed by atoms with Crippen molar-refractivity contribution in [2.45, 2.75) is 6.04 Å². The molecule has 0 aliphatic carbocycles. The molecule has 1 aliphatic rings. The van der Waals surface area contributed by atoms with Crippen LogP contribution in [0.1, 0.15) is 22.7 Å². The van der Waals surface area contributed by atoms with Crippen LogP contribution < -0.4 is 26.8 Å². The van der Waals surface area contributed by atoms with Crippen molar-refractivity contribution < 1.29 is 4.74 Å². The highest BCUT2D eigenvalue weighted by atomic mass is 16.5. The Morgan fingerprint density at radius 2 is 1.80 bits per heavy atom. The van der Waals surface area contributed by atoms with Gasteiger partial charge in [0.05, 0.1) is 5.69 Å². The fourth-order valence-electron chi connectivity index (χ4n) is 3.19. The number of nitrogens with two attached hydrogens (primary N) is 2. The highest BCUT2D eigenvalue weighted by Crippen LogP contribution is 2.41. The lowest BCUT2D eigenvalue weighted by Crippen LogP contribution is -2.32. The van der Waals surface area contributed by atoms with Gasteiger partial charge in [-0.3, -0.25) is 5.32 Å². The first-order chi connectivity index (χ1) is 14.6.